The molecule has 2 unspecified atom stereocenters. The van der Waals surface area contributed by atoms with Gasteiger partial charge in [-0.3, -0.25) is 14.7 Å². The molecule has 1 saturated carbocycles. The molecule has 0 bridgehead atoms. The summed E-state index contributed by atoms with van der Waals surface area (Å²) in [5.41, 5.74) is 1.32. The minimum atomic E-state index is -0.538. The van der Waals surface area contributed by atoms with Crippen LogP contribution in [-0.4, -0.2) is 68.1 Å². The number of nitrogens with zero attached hydrogens (tertiary/aromatic N) is 2. The van der Waals surface area contributed by atoms with Gasteiger partial charge in [0.05, 0.1) is 31.6 Å². The van der Waals surface area contributed by atoms with Gasteiger partial charge in [0, 0.05) is 31.8 Å². The highest BCUT2D eigenvalue weighted by atomic mass is 19.1. The van der Waals surface area contributed by atoms with Crippen molar-refractivity contribution in [2.75, 3.05) is 32.8 Å². The van der Waals surface area contributed by atoms with Gasteiger partial charge in [-0.25, -0.2) is 8.78 Å². The Morgan fingerprint density at radius 1 is 1.26 bits per heavy atom. The number of rotatable bonds is 12. The van der Waals surface area contributed by atoms with Crippen LogP contribution in [0.5, 0.6) is 0 Å². The third-order valence-electron chi connectivity index (χ3n) is 7.76. The van der Waals surface area contributed by atoms with Gasteiger partial charge in [0.15, 0.2) is 0 Å². The summed E-state index contributed by atoms with van der Waals surface area (Å²) in [5, 5.41) is 9.30. The molecule has 38 heavy (non-hydrogen) atoms. The SMILES string of the molecule is C=C(NC=NCC1COCCCN1CC1CC1)NC(=O)[C@H](CCC)NC1CCc2cc(F)cc(F)c2CC1. The second kappa shape index (κ2) is 14.1. The maximum absolute atomic E-state index is 14.3. The highest BCUT2D eigenvalue weighted by Crippen LogP contribution is 2.30. The minimum absolute atomic E-state index is 0.0373. The Hall–Kier alpha value is -2.36. The molecule has 1 saturated heterocycles. The van der Waals surface area contributed by atoms with Crippen molar-refractivity contribution < 1.29 is 18.3 Å². The number of fused-ring (bicyclic) bond motifs is 1. The largest absolute Gasteiger partial charge is 0.380 e. The van der Waals surface area contributed by atoms with Crippen LogP contribution in [-0.2, 0) is 22.4 Å². The predicted molar refractivity (Wildman–Crippen MR) is 146 cm³/mol. The first-order chi connectivity index (χ1) is 18.4. The molecule has 0 spiro atoms. The van der Waals surface area contributed by atoms with Crippen molar-refractivity contribution in [2.45, 2.75) is 82.8 Å². The fourth-order valence-electron chi connectivity index (χ4n) is 5.47. The van der Waals surface area contributed by atoms with Crippen molar-refractivity contribution in [3.63, 3.8) is 0 Å². The van der Waals surface area contributed by atoms with E-state index < -0.39 is 17.7 Å². The molecular formula is C29H43F2N5O2. The minimum Gasteiger partial charge on any atom is -0.380 e. The molecule has 1 amide bonds. The maximum atomic E-state index is 14.3. The third kappa shape index (κ3) is 8.58. The molecule has 3 atom stereocenters. The van der Waals surface area contributed by atoms with Crippen molar-refractivity contribution in [3.8, 4) is 0 Å². The lowest BCUT2D eigenvalue weighted by atomic mass is 10.0. The first-order valence-corrected chi connectivity index (χ1v) is 14.2. The Kier molecular flexibility index (Phi) is 10.7. The highest BCUT2D eigenvalue weighted by Gasteiger charge is 2.29. The van der Waals surface area contributed by atoms with E-state index in [9.17, 15) is 13.6 Å². The molecular weight excluding hydrogens is 488 g/mol. The Morgan fingerprint density at radius 2 is 2.08 bits per heavy atom. The molecule has 1 aromatic carbocycles. The molecule has 2 aliphatic carbocycles. The van der Waals surface area contributed by atoms with Crippen molar-refractivity contribution >= 4 is 12.2 Å². The van der Waals surface area contributed by atoms with Crippen LogP contribution in [0.15, 0.2) is 29.5 Å². The summed E-state index contributed by atoms with van der Waals surface area (Å²) in [6.07, 6.45) is 9.33. The molecule has 1 heterocycles. The van der Waals surface area contributed by atoms with E-state index in [1.165, 1.54) is 18.9 Å². The first-order valence-electron chi connectivity index (χ1n) is 14.2. The Bertz CT molecular complexity index is 984. The van der Waals surface area contributed by atoms with Gasteiger partial charge in [-0.05, 0) is 74.5 Å². The van der Waals surface area contributed by atoms with Crippen molar-refractivity contribution in [1.82, 2.24) is 20.9 Å². The van der Waals surface area contributed by atoms with Gasteiger partial charge in [0.2, 0.25) is 5.91 Å². The van der Waals surface area contributed by atoms with E-state index in [4.69, 9.17) is 4.74 Å². The molecule has 9 heteroatoms. The summed E-state index contributed by atoms with van der Waals surface area (Å²) in [6.45, 7) is 10.3. The predicted octanol–water partition coefficient (Wildman–Crippen LogP) is 3.68. The summed E-state index contributed by atoms with van der Waals surface area (Å²) < 4.78 is 33.7. The fraction of sp³-hybridized carbons (Fsp3) is 0.655. The second-order valence-electron chi connectivity index (χ2n) is 10.9. The number of hydrogen-bond acceptors (Lipinski definition) is 5. The highest BCUT2D eigenvalue weighted by molar-refractivity contribution is 5.83. The first kappa shape index (κ1) is 28.6. The summed E-state index contributed by atoms with van der Waals surface area (Å²) in [4.78, 5) is 20.1. The lowest BCUT2D eigenvalue weighted by Crippen LogP contribution is -2.49. The maximum Gasteiger partial charge on any atom is 0.242 e. The van der Waals surface area contributed by atoms with Crippen LogP contribution in [0, 0.1) is 17.6 Å². The second-order valence-corrected chi connectivity index (χ2v) is 10.9. The summed E-state index contributed by atoms with van der Waals surface area (Å²) in [5.74, 6) is 0.0251. The summed E-state index contributed by atoms with van der Waals surface area (Å²) >= 11 is 0. The number of aliphatic imine (C=N–C) groups is 1. The fourth-order valence-corrected chi connectivity index (χ4v) is 5.47. The van der Waals surface area contributed by atoms with Crippen molar-refractivity contribution in [1.29, 1.82) is 0 Å². The smallest absolute Gasteiger partial charge is 0.242 e. The number of ether oxygens (including phenoxy) is 1. The number of carbonyl (C=O) groups is 1. The van der Waals surface area contributed by atoms with E-state index in [0.717, 1.165) is 56.5 Å². The molecule has 7 nitrogen and oxygen atoms in total. The van der Waals surface area contributed by atoms with E-state index in [1.54, 1.807) is 6.34 Å². The zero-order valence-corrected chi connectivity index (χ0v) is 22.6. The van der Waals surface area contributed by atoms with Crippen molar-refractivity contribution in [2.24, 2.45) is 10.9 Å². The van der Waals surface area contributed by atoms with Gasteiger partial charge in [0.1, 0.15) is 17.5 Å². The molecule has 4 rings (SSSR count). The van der Waals surface area contributed by atoms with Crippen LogP contribution in [0.4, 0.5) is 8.78 Å². The van der Waals surface area contributed by atoms with E-state index in [1.807, 2.05) is 6.92 Å². The summed E-state index contributed by atoms with van der Waals surface area (Å²) in [6, 6.07) is 2.29. The average molecular weight is 532 g/mol. The number of benzene rings is 1. The molecule has 0 radical (unpaired) electrons. The number of hydrogen-bond donors (Lipinski definition) is 3. The van der Waals surface area contributed by atoms with E-state index in [0.29, 0.717) is 50.2 Å². The van der Waals surface area contributed by atoms with E-state index in [-0.39, 0.29) is 18.0 Å². The molecule has 3 N–H and O–H groups in total. The number of nitrogens with one attached hydrogen (secondary N) is 3. The molecule has 210 valence electrons. The number of amides is 1. The topological polar surface area (TPSA) is 78.0 Å². The Balaban J connectivity index is 1.23. The monoisotopic (exact) mass is 531 g/mol. The molecule has 3 aliphatic rings. The van der Waals surface area contributed by atoms with Gasteiger partial charge in [0.25, 0.3) is 0 Å². The zero-order valence-electron chi connectivity index (χ0n) is 22.6. The van der Waals surface area contributed by atoms with Crippen LogP contribution in [0.3, 0.4) is 0 Å². The quantitative estimate of drug-likeness (QED) is 0.218. The lowest BCUT2D eigenvalue weighted by molar-refractivity contribution is -0.122. The van der Waals surface area contributed by atoms with Crippen LogP contribution in [0.25, 0.3) is 0 Å². The molecule has 2 fully saturated rings. The normalized spacial score (nSPS) is 23.3. The molecule has 0 aromatic heterocycles. The third-order valence-corrected chi connectivity index (χ3v) is 7.76. The van der Waals surface area contributed by atoms with E-state index >= 15 is 0 Å². The van der Waals surface area contributed by atoms with E-state index in [2.05, 4.69) is 32.4 Å². The van der Waals surface area contributed by atoms with Gasteiger partial charge in [-0.2, -0.15) is 0 Å². The standard InChI is InChI=1S/C29H43F2N5O2/c1-3-5-28(35-24-9-8-22-14-23(30)15-27(31)26(22)11-10-24)29(37)34-20(2)33-19-32-16-25-18-38-13-4-12-36(25)17-21-6-7-21/h14-15,19,21,24-25,28,35H,2-13,16-18H2,1H3,(H,32,33)(H,34,37)/t24?,25?,28-/m0/s1. The number of halogens is 2. The van der Waals surface area contributed by atoms with Crippen LogP contribution >= 0.6 is 0 Å². The Morgan fingerprint density at radius 3 is 2.87 bits per heavy atom. The van der Waals surface area contributed by atoms with Crippen LogP contribution < -0.4 is 16.0 Å². The number of carbonyl (C=O) groups excluding carboxylic acids is 1. The van der Waals surface area contributed by atoms with Crippen LogP contribution in [0.2, 0.25) is 0 Å². The Labute approximate surface area is 225 Å². The molecule has 1 aromatic rings. The number of aryl methyl sites for hydroxylation is 1. The molecule has 1 aliphatic heterocycles. The van der Waals surface area contributed by atoms with Gasteiger partial charge in [-0.1, -0.05) is 19.9 Å². The van der Waals surface area contributed by atoms with Gasteiger partial charge in [-0.15, -0.1) is 0 Å². The zero-order chi connectivity index (χ0) is 26.9. The van der Waals surface area contributed by atoms with Gasteiger partial charge < -0.3 is 20.7 Å². The van der Waals surface area contributed by atoms with Gasteiger partial charge >= 0.3 is 0 Å². The lowest BCUT2D eigenvalue weighted by Gasteiger charge is -2.27. The van der Waals surface area contributed by atoms with Crippen LogP contribution in [0.1, 0.15) is 63.0 Å². The van der Waals surface area contributed by atoms with Crippen molar-refractivity contribution in [3.05, 3.63) is 47.3 Å². The summed E-state index contributed by atoms with van der Waals surface area (Å²) in [7, 11) is 0. The average Bonchev–Trinajstić information content (AvgIpc) is 3.73.